The van der Waals surface area contributed by atoms with Crippen molar-refractivity contribution in [3.63, 3.8) is 0 Å². The maximum absolute atomic E-state index is 13.1. The van der Waals surface area contributed by atoms with Gasteiger partial charge in [0.25, 0.3) is 11.6 Å². The molecule has 2 heterocycles. The number of rotatable bonds is 4. The summed E-state index contributed by atoms with van der Waals surface area (Å²) in [6.07, 6.45) is -0.614. The van der Waals surface area contributed by atoms with Gasteiger partial charge < -0.3 is 14.6 Å². The van der Waals surface area contributed by atoms with Crippen LogP contribution in [-0.4, -0.2) is 55.6 Å². The van der Waals surface area contributed by atoms with Crippen molar-refractivity contribution in [1.82, 2.24) is 14.5 Å². The summed E-state index contributed by atoms with van der Waals surface area (Å²) in [7, 11) is 0. The van der Waals surface area contributed by atoms with Crippen molar-refractivity contribution in [3.8, 4) is 5.69 Å². The lowest BCUT2D eigenvalue weighted by atomic mass is 9.96. The summed E-state index contributed by atoms with van der Waals surface area (Å²) >= 11 is 0. The number of carboxylic acid groups (broad SMARTS) is 1. The van der Waals surface area contributed by atoms with Gasteiger partial charge in [0, 0.05) is 37.1 Å². The van der Waals surface area contributed by atoms with Crippen LogP contribution in [0.5, 0.6) is 0 Å². The van der Waals surface area contributed by atoms with Gasteiger partial charge in [0.1, 0.15) is 5.69 Å². The minimum absolute atomic E-state index is 0.122. The van der Waals surface area contributed by atoms with Gasteiger partial charge in [0.2, 0.25) is 0 Å². The molecule has 1 aromatic carbocycles. The number of halogens is 3. The molecule has 12 heteroatoms. The van der Waals surface area contributed by atoms with Gasteiger partial charge in [0.05, 0.1) is 23.1 Å². The Labute approximate surface area is 155 Å². The number of benzene rings is 1. The van der Waals surface area contributed by atoms with Crippen LogP contribution in [0.2, 0.25) is 0 Å². The normalized spacial score (nSPS) is 19.6. The van der Waals surface area contributed by atoms with Gasteiger partial charge in [-0.1, -0.05) is 0 Å². The van der Waals surface area contributed by atoms with E-state index in [0.29, 0.717) is 0 Å². The van der Waals surface area contributed by atoms with E-state index in [1.165, 1.54) is 35.4 Å². The number of carbonyl (C=O) groups is 2. The van der Waals surface area contributed by atoms with Crippen LogP contribution in [0.3, 0.4) is 0 Å². The Bertz CT molecular complexity index is 929. The highest BCUT2D eigenvalue weighted by atomic mass is 19.4. The molecule has 148 valence electrons. The largest absolute Gasteiger partial charge is 0.481 e. The van der Waals surface area contributed by atoms with Crippen molar-refractivity contribution in [3.05, 3.63) is 52.6 Å². The summed E-state index contributed by atoms with van der Waals surface area (Å²) < 4.78 is 40.6. The third kappa shape index (κ3) is 3.52. The molecule has 3 rings (SSSR count). The van der Waals surface area contributed by atoms with Gasteiger partial charge in [-0.05, 0) is 12.1 Å². The number of nitro benzene ring substituents is 1. The number of alkyl halides is 3. The summed E-state index contributed by atoms with van der Waals surface area (Å²) in [5.74, 6) is -6.55. The van der Waals surface area contributed by atoms with Crippen molar-refractivity contribution < 1.29 is 32.8 Å². The van der Waals surface area contributed by atoms with Gasteiger partial charge in [0.15, 0.2) is 0 Å². The molecule has 0 saturated carbocycles. The molecule has 1 aliphatic rings. The van der Waals surface area contributed by atoms with E-state index in [-0.39, 0.29) is 11.3 Å². The van der Waals surface area contributed by atoms with E-state index in [4.69, 9.17) is 5.11 Å². The lowest BCUT2D eigenvalue weighted by molar-refractivity contribution is -0.384. The van der Waals surface area contributed by atoms with Crippen LogP contribution in [0.25, 0.3) is 5.69 Å². The third-order valence-corrected chi connectivity index (χ3v) is 4.55. The van der Waals surface area contributed by atoms with Crippen LogP contribution in [0.15, 0.2) is 36.9 Å². The van der Waals surface area contributed by atoms with Gasteiger partial charge in [-0.15, -0.1) is 0 Å². The zero-order chi connectivity index (χ0) is 20.6. The molecule has 0 spiro atoms. The fraction of sp³-hybridized carbons (Fsp3) is 0.312. The van der Waals surface area contributed by atoms with Crippen LogP contribution in [-0.2, 0) is 4.79 Å². The van der Waals surface area contributed by atoms with Crippen LogP contribution in [0.4, 0.5) is 18.9 Å². The van der Waals surface area contributed by atoms with Crippen LogP contribution in [0, 0.1) is 22.0 Å². The molecule has 1 fully saturated rings. The first-order valence-corrected chi connectivity index (χ1v) is 7.95. The topological polar surface area (TPSA) is 119 Å². The summed E-state index contributed by atoms with van der Waals surface area (Å²) in [6, 6.07) is 3.47. The van der Waals surface area contributed by atoms with Crippen molar-refractivity contribution in [2.24, 2.45) is 11.8 Å². The van der Waals surface area contributed by atoms with E-state index in [9.17, 15) is 32.9 Å². The average Bonchev–Trinajstić information content (AvgIpc) is 3.30. The first-order valence-electron chi connectivity index (χ1n) is 7.95. The SMILES string of the molecule is O=C(O)[C@@H]1CN(C(=O)c2ccc(-n3ccnc3)c([N+](=O)[O-])c2)C[C@H]1C(F)(F)F. The van der Waals surface area contributed by atoms with Crippen LogP contribution < -0.4 is 0 Å². The van der Waals surface area contributed by atoms with E-state index >= 15 is 0 Å². The summed E-state index contributed by atoms with van der Waals surface area (Å²) in [6.45, 7) is -1.45. The molecular weight excluding hydrogens is 385 g/mol. The minimum atomic E-state index is -4.78. The highest BCUT2D eigenvalue weighted by Gasteiger charge is 2.53. The Kier molecular flexibility index (Phi) is 4.79. The molecule has 0 radical (unpaired) electrons. The van der Waals surface area contributed by atoms with Crippen molar-refractivity contribution >= 4 is 17.6 Å². The smallest absolute Gasteiger partial charge is 0.394 e. The number of nitro groups is 1. The Balaban J connectivity index is 1.92. The number of aliphatic carboxylic acids is 1. The number of imidazole rings is 1. The van der Waals surface area contributed by atoms with Crippen molar-refractivity contribution in [2.75, 3.05) is 13.1 Å². The zero-order valence-corrected chi connectivity index (χ0v) is 14.0. The van der Waals surface area contributed by atoms with E-state index in [1.807, 2.05) is 0 Å². The summed E-state index contributed by atoms with van der Waals surface area (Å²) in [4.78, 5) is 38.9. The molecule has 28 heavy (non-hydrogen) atoms. The van der Waals surface area contributed by atoms with Crippen LogP contribution in [0.1, 0.15) is 10.4 Å². The molecule has 9 nitrogen and oxygen atoms in total. The first-order chi connectivity index (χ1) is 13.1. The molecule has 2 aromatic rings. The van der Waals surface area contributed by atoms with Gasteiger partial charge in [-0.3, -0.25) is 19.7 Å². The number of amides is 1. The Hall–Kier alpha value is -3.44. The van der Waals surface area contributed by atoms with E-state index in [1.54, 1.807) is 0 Å². The maximum Gasteiger partial charge on any atom is 0.394 e. The predicted molar refractivity (Wildman–Crippen MR) is 86.8 cm³/mol. The predicted octanol–water partition coefficient (Wildman–Crippen LogP) is 2.12. The number of likely N-dealkylation sites (tertiary alicyclic amines) is 1. The number of nitrogens with zero attached hydrogens (tertiary/aromatic N) is 4. The van der Waals surface area contributed by atoms with Crippen molar-refractivity contribution in [2.45, 2.75) is 6.18 Å². The zero-order valence-electron chi connectivity index (χ0n) is 14.0. The molecule has 2 atom stereocenters. The maximum atomic E-state index is 13.1. The monoisotopic (exact) mass is 398 g/mol. The highest BCUT2D eigenvalue weighted by molar-refractivity contribution is 5.96. The van der Waals surface area contributed by atoms with E-state index in [2.05, 4.69) is 4.98 Å². The molecular formula is C16H13F3N4O5. The van der Waals surface area contributed by atoms with E-state index < -0.39 is 53.6 Å². The van der Waals surface area contributed by atoms with Gasteiger partial charge in [-0.25, -0.2) is 4.98 Å². The lowest BCUT2D eigenvalue weighted by Crippen LogP contribution is -2.34. The number of hydrogen-bond donors (Lipinski definition) is 1. The molecule has 0 aliphatic carbocycles. The Morgan fingerprint density at radius 3 is 2.50 bits per heavy atom. The highest BCUT2D eigenvalue weighted by Crippen LogP contribution is 2.38. The summed E-state index contributed by atoms with van der Waals surface area (Å²) in [5, 5.41) is 20.4. The number of carboxylic acids is 1. The standard InChI is InChI=1S/C16H13F3N4O5/c17-16(18,19)11-7-22(6-10(11)15(25)26)14(24)9-1-2-12(13(5-9)23(27)28)21-4-3-20-8-21/h1-5,8,10-11H,6-7H2,(H,25,26)/t10-,11-/m1/s1. The second kappa shape index (κ2) is 6.94. The fourth-order valence-electron chi connectivity index (χ4n) is 3.16. The fourth-order valence-corrected chi connectivity index (χ4v) is 3.16. The van der Waals surface area contributed by atoms with Gasteiger partial charge >= 0.3 is 12.1 Å². The molecule has 0 unspecified atom stereocenters. The molecule has 1 aromatic heterocycles. The second-order valence-corrected chi connectivity index (χ2v) is 6.23. The van der Waals surface area contributed by atoms with Gasteiger partial charge in [-0.2, -0.15) is 13.2 Å². The Morgan fingerprint density at radius 2 is 2.00 bits per heavy atom. The van der Waals surface area contributed by atoms with Crippen molar-refractivity contribution in [1.29, 1.82) is 0 Å². The Morgan fingerprint density at radius 1 is 1.29 bits per heavy atom. The molecule has 0 bridgehead atoms. The molecule has 1 amide bonds. The lowest BCUT2D eigenvalue weighted by Gasteiger charge is -2.18. The molecule has 1 aliphatic heterocycles. The second-order valence-electron chi connectivity index (χ2n) is 6.23. The number of hydrogen-bond acceptors (Lipinski definition) is 5. The molecule has 1 N–H and O–H groups in total. The first kappa shape index (κ1) is 19.3. The summed E-state index contributed by atoms with van der Waals surface area (Å²) in [5.41, 5.74) is -0.523. The minimum Gasteiger partial charge on any atom is -0.481 e. The molecule has 1 saturated heterocycles. The average molecular weight is 398 g/mol. The van der Waals surface area contributed by atoms with Crippen LogP contribution >= 0.6 is 0 Å². The quantitative estimate of drug-likeness (QED) is 0.623. The number of carbonyl (C=O) groups excluding carboxylic acids is 1. The number of aromatic nitrogens is 2. The third-order valence-electron chi connectivity index (χ3n) is 4.55. The van der Waals surface area contributed by atoms with E-state index in [0.717, 1.165) is 11.0 Å².